The molecule has 1 aliphatic rings. The van der Waals surface area contributed by atoms with Crippen LogP contribution in [0.25, 0.3) is 0 Å². The van der Waals surface area contributed by atoms with Gasteiger partial charge in [0.2, 0.25) is 11.8 Å². The molecule has 0 saturated heterocycles. The van der Waals surface area contributed by atoms with Gasteiger partial charge in [-0.2, -0.15) is 0 Å². The van der Waals surface area contributed by atoms with Gasteiger partial charge in [-0.3, -0.25) is 9.59 Å². The zero-order valence-corrected chi connectivity index (χ0v) is 26.1. The van der Waals surface area contributed by atoms with Gasteiger partial charge in [-0.1, -0.05) is 103 Å². The van der Waals surface area contributed by atoms with Gasteiger partial charge in [0.1, 0.15) is 18.4 Å². The standard InChI is InChI=1S/C38H41N3O5/c1-45-32-23-21-31(22-24-32)35(30-19-20-30)41(37(43)34(28-14-7-3-8-15-28)29-16-9-4-10-17-29)33(36(39)42)18-11-25-40-38(44)46-26-27-12-5-2-6-13-27/h2-10,12-17,21-24,30,33-35H,11,18-20,25-26H2,1H3,(H2,39,42)(H,40,44)/t33-,35-/m1/s1. The summed E-state index contributed by atoms with van der Waals surface area (Å²) in [6.07, 6.45) is 2.01. The van der Waals surface area contributed by atoms with E-state index in [-0.39, 0.29) is 37.4 Å². The summed E-state index contributed by atoms with van der Waals surface area (Å²) in [6, 6.07) is 35.1. The zero-order chi connectivity index (χ0) is 32.3. The topological polar surface area (TPSA) is 111 Å². The van der Waals surface area contributed by atoms with Crippen LogP contribution < -0.4 is 15.8 Å². The number of alkyl carbamates (subject to hydrolysis) is 1. The van der Waals surface area contributed by atoms with Crippen molar-refractivity contribution in [2.24, 2.45) is 11.7 Å². The van der Waals surface area contributed by atoms with Crippen LogP contribution in [0.5, 0.6) is 5.75 Å². The van der Waals surface area contributed by atoms with Crippen LogP contribution in [-0.4, -0.2) is 42.5 Å². The summed E-state index contributed by atoms with van der Waals surface area (Å²) >= 11 is 0. The molecule has 3 amide bonds. The second kappa shape index (κ2) is 15.8. The Labute approximate surface area is 270 Å². The summed E-state index contributed by atoms with van der Waals surface area (Å²) in [5.74, 6) is -0.533. The van der Waals surface area contributed by atoms with Crippen LogP contribution in [0.4, 0.5) is 4.79 Å². The molecule has 2 atom stereocenters. The normalized spacial score (nSPS) is 13.8. The number of hydrogen-bond donors (Lipinski definition) is 2. The molecule has 0 bridgehead atoms. The summed E-state index contributed by atoms with van der Waals surface area (Å²) in [7, 11) is 1.61. The predicted octanol–water partition coefficient (Wildman–Crippen LogP) is 6.37. The minimum Gasteiger partial charge on any atom is -0.497 e. The minimum absolute atomic E-state index is 0.157. The monoisotopic (exact) mass is 619 g/mol. The van der Waals surface area contributed by atoms with Gasteiger partial charge in [0.05, 0.1) is 19.1 Å². The third-order valence-electron chi connectivity index (χ3n) is 8.39. The lowest BCUT2D eigenvalue weighted by atomic mass is 9.87. The van der Waals surface area contributed by atoms with Crippen molar-refractivity contribution in [3.63, 3.8) is 0 Å². The Morgan fingerprint density at radius 1 is 0.804 bits per heavy atom. The first kappa shape index (κ1) is 32.3. The maximum atomic E-state index is 15.0. The van der Waals surface area contributed by atoms with Gasteiger partial charge < -0.3 is 25.4 Å². The quantitative estimate of drug-likeness (QED) is 0.150. The minimum atomic E-state index is -0.905. The smallest absolute Gasteiger partial charge is 0.407 e. The van der Waals surface area contributed by atoms with Crippen molar-refractivity contribution in [2.75, 3.05) is 13.7 Å². The van der Waals surface area contributed by atoms with Gasteiger partial charge in [-0.25, -0.2) is 4.79 Å². The number of nitrogens with zero attached hydrogens (tertiary/aromatic N) is 1. The van der Waals surface area contributed by atoms with E-state index in [9.17, 15) is 9.59 Å². The maximum absolute atomic E-state index is 15.0. The second-order valence-electron chi connectivity index (χ2n) is 11.6. The summed E-state index contributed by atoms with van der Waals surface area (Å²) in [4.78, 5) is 42.4. The van der Waals surface area contributed by atoms with Gasteiger partial charge in [0.15, 0.2) is 0 Å². The van der Waals surface area contributed by atoms with Crippen molar-refractivity contribution in [1.82, 2.24) is 10.2 Å². The first-order valence-electron chi connectivity index (χ1n) is 15.8. The molecule has 1 saturated carbocycles. The second-order valence-corrected chi connectivity index (χ2v) is 11.6. The van der Waals surface area contributed by atoms with Crippen LogP contribution in [0.1, 0.15) is 59.9 Å². The van der Waals surface area contributed by atoms with Crippen LogP contribution >= 0.6 is 0 Å². The summed E-state index contributed by atoms with van der Waals surface area (Å²) in [6.45, 7) is 0.418. The van der Waals surface area contributed by atoms with Gasteiger partial charge in [-0.05, 0) is 66.0 Å². The number of carbonyl (C=O) groups excluding carboxylic acids is 3. The van der Waals surface area contributed by atoms with E-state index in [1.165, 1.54) is 0 Å². The Morgan fingerprint density at radius 3 is 1.89 bits per heavy atom. The first-order chi connectivity index (χ1) is 22.5. The Balaban J connectivity index is 1.42. The van der Waals surface area contributed by atoms with E-state index in [2.05, 4.69) is 5.32 Å². The molecule has 238 valence electrons. The van der Waals surface area contributed by atoms with E-state index in [1.54, 1.807) is 12.0 Å². The molecule has 8 heteroatoms. The fourth-order valence-electron chi connectivity index (χ4n) is 5.95. The third-order valence-corrected chi connectivity index (χ3v) is 8.39. The molecule has 46 heavy (non-hydrogen) atoms. The van der Waals surface area contributed by atoms with Crippen molar-refractivity contribution in [3.05, 3.63) is 138 Å². The molecule has 0 spiro atoms. The van der Waals surface area contributed by atoms with E-state index >= 15 is 4.79 Å². The molecule has 1 aliphatic carbocycles. The summed E-state index contributed by atoms with van der Waals surface area (Å²) in [5, 5.41) is 2.77. The highest BCUT2D eigenvalue weighted by Gasteiger charge is 2.45. The lowest BCUT2D eigenvalue weighted by Gasteiger charge is -2.40. The number of methoxy groups -OCH3 is 1. The van der Waals surface area contributed by atoms with Crippen molar-refractivity contribution in [3.8, 4) is 5.75 Å². The molecule has 0 radical (unpaired) electrons. The Kier molecular flexibility index (Phi) is 11.1. The van der Waals surface area contributed by atoms with Crippen LogP contribution in [-0.2, 0) is 20.9 Å². The molecule has 0 unspecified atom stereocenters. The molecule has 4 aromatic carbocycles. The van der Waals surface area contributed by atoms with E-state index in [0.29, 0.717) is 12.2 Å². The van der Waals surface area contributed by atoms with E-state index in [0.717, 1.165) is 35.1 Å². The van der Waals surface area contributed by atoms with E-state index in [1.807, 2.05) is 115 Å². The summed E-state index contributed by atoms with van der Waals surface area (Å²) < 4.78 is 10.7. The summed E-state index contributed by atoms with van der Waals surface area (Å²) in [5.41, 5.74) is 9.60. The number of rotatable bonds is 15. The lowest BCUT2D eigenvalue weighted by Crippen LogP contribution is -2.52. The number of nitrogens with two attached hydrogens (primary N) is 1. The molecule has 5 rings (SSSR count). The van der Waals surface area contributed by atoms with Gasteiger partial charge in [-0.15, -0.1) is 0 Å². The number of primary amides is 1. The highest BCUT2D eigenvalue weighted by molar-refractivity contribution is 5.92. The van der Waals surface area contributed by atoms with Crippen molar-refractivity contribution in [1.29, 1.82) is 0 Å². The van der Waals surface area contributed by atoms with Crippen molar-refractivity contribution in [2.45, 2.75) is 50.3 Å². The Bertz CT molecular complexity index is 1520. The SMILES string of the molecule is COc1ccc([C@@H](C2CC2)N(C(=O)C(c2ccccc2)c2ccccc2)[C@H](CCCNC(=O)OCc2ccccc2)C(N)=O)cc1. The highest BCUT2D eigenvalue weighted by Crippen LogP contribution is 2.47. The molecule has 4 aromatic rings. The Morgan fingerprint density at radius 2 is 1.37 bits per heavy atom. The Hall–Kier alpha value is -5.11. The van der Waals surface area contributed by atoms with E-state index in [4.69, 9.17) is 15.2 Å². The number of hydrogen-bond acceptors (Lipinski definition) is 5. The van der Waals surface area contributed by atoms with Crippen LogP contribution in [0.3, 0.4) is 0 Å². The van der Waals surface area contributed by atoms with E-state index < -0.39 is 24.0 Å². The molecule has 0 heterocycles. The predicted molar refractivity (Wildman–Crippen MR) is 177 cm³/mol. The van der Waals surface area contributed by atoms with Gasteiger partial charge >= 0.3 is 6.09 Å². The molecule has 0 aliphatic heterocycles. The first-order valence-corrected chi connectivity index (χ1v) is 15.8. The number of nitrogens with one attached hydrogen (secondary N) is 1. The number of carbonyl (C=O) groups is 3. The van der Waals surface area contributed by atoms with Gasteiger partial charge in [0, 0.05) is 6.54 Å². The fourth-order valence-corrected chi connectivity index (χ4v) is 5.95. The highest BCUT2D eigenvalue weighted by atomic mass is 16.5. The number of amides is 3. The maximum Gasteiger partial charge on any atom is 0.407 e. The van der Waals surface area contributed by atoms with Crippen molar-refractivity contribution >= 4 is 17.9 Å². The lowest BCUT2D eigenvalue weighted by molar-refractivity contribution is -0.144. The van der Waals surface area contributed by atoms with Crippen LogP contribution in [0.2, 0.25) is 0 Å². The molecule has 0 aromatic heterocycles. The number of benzene rings is 4. The molecular formula is C38H41N3O5. The average Bonchev–Trinajstić information content (AvgIpc) is 3.93. The molecule has 8 nitrogen and oxygen atoms in total. The van der Waals surface area contributed by atoms with Crippen molar-refractivity contribution < 1.29 is 23.9 Å². The molecule has 3 N–H and O–H groups in total. The van der Waals surface area contributed by atoms with Crippen LogP contribution in [0, 0.1) is 5.92 Å². The largest absolute Gasteiger partial charge is 0.497 e. The van der Waals surface area contributed by atoms with Crippen LogP contribution in [0.15, 0.2) is 115 Å². The number of ether oxygens (including phenoxy) is 2. The molecule has 1 fully saturated rings. The molecular weight excluding hydrogens is 578 g/mol. The van der Waals surface area contributed by atoms with Gasteiger partial charge in [0.25, 0.3) is 0 Å². The zero-order valence-electron chi connectivity index (χ0n) is 26.1. The average molecular weight is 620 g/mol. The third kappa shape index (κ3) is 8.33. The fraction of sp³-hybridized carbons (Fsp3) is 0.289.